The average Bonchev–Trinajstić information content (AvgIpc) is 2.72. The SMILES string of the molecule is CCCC1CCCN(C(=O)COC2CCNCC2)CC1. The Kier molecular flexibility index (Phi) is 6.80. The van der Waals surface area contributed by atoms with Gasteiger partial charge in [-0.25, -0.2) is 0 Å². The van der Waals surface area contributed by atoms with Crippen molar-refractivity contribution in [2.24, 2.45) is 5.92 Å². The lowest BCUT2D eigenvalue weighted by molar-refractivity contribution is -0.138. The van der Waals surface area contributed by atoms with E-state index in [0.717, 1.165) is 51.4 Å². The summed E-state index contributed by atoms with van der Waals surface area (Å²) in [7, 11) is 0. The fourth-order valence-corrected chi connectivity index (χ4v) is 3.35. The van der Waals surface area contributed by atoms with Crippen molar-refractivity contribution in [2.75, 3.05) is 32.8 Å². The van der Waals surface area contributed by atoms with Crippen LogP contribution in [0.25, 0.3) is 0 Å². The number of nitrogens with zero attached hydrogens (tertiary/aromatic N) is 1. The molecule has 4 heteroatoms. The standard InChI is InChI=1S/C16H30N2O2/c1-2-4-14-5-3-11-18(12-8-14)16(19)13-20-15-6-9-17-10-7-15/h14-15,17H,2-13H2,1H3. The molecule has 2 aliphatic rings. The molecule has 2 saturated heterocycles. The van der Waals surface area contributed by atoms with E-state index in [-0.39, 0.29) is 18.6 Å². The molecule has 4 nitrogen and oxygen atoms in total. The van der Waals surface area contributed by atoms with Crippen LogP contribution in [0.1, 0.15) is 51.9 Å². The first-order valence-electron chi connectivity index (χ1n) is 8.39. The van der Waals surface area contributed by atoms with Gasteiger partial charge in [0.25, 0.3) is 0 Å². The van der Waals surface area contributed by atoms with Crippen molar-refractivity contribution in [3.63, 3.8) is 0 Å². The van der Waals surface area contributed by atoms with Gasteiger partial charge in [0.2, 0.25) is 5.91 Å². The first-order chi connectivity index (χ1) is 9.79. The van der Waals surface area contributed by atoms with E-state index in [1.165, 1.54) is 25.7 Å². The second kappa shape index (κ2) is 8.63. The van der Waals surface area contributed by atoms with Crippen LogP contribution in [0.2, 0.25) is 0 Å². The van der Waals surface area contributed by atoms with Gasteiger partial charge in [0.05, 0.1) is 6.10 Å². The molecule has 1 atom stereocenters. The summed E-state index contributed by atoms with van der Waals surface area (Å²) in [5.41, 5.74) is 0. The van der Waals surface area contributed by atoms with Crippen LogP contribution >= 0.6 is 0 Å². The Morgan fingerprint density at radius 1 is 1.20 bits per heavy atom. The quantitative estimate of drug-likeness (QED) is 0.840. The zero-order chi connectivity index (χ0) is 14.2. The number of likely N-dealkylation sites (tertiary alicyclic amines) is 1. The average molecular weight is 282 g/mol. The van der Waals surface area contributed by atoms with E-state index in [1.807, 2.05) is 4.90 Å². The number of ether oxygens (including phenoxy) is 1. The summed E-state index contributed by atoms with van der Waals surface area (Å²) in [5.74, 6) is 1.02. The number of rotatable bonds is 5. The fourth-order valence-electron chi connectivity index (χ4n) is 3.35. The van der Waals surface area contributed by atoms with E-state index in [1.54, 1.807) is 0 Å². The number of carbonyl (C=O) groups is 1. The van der Waals surface area contributed by atoms with Crippen LogP contribution in [-0.2, 0) is 9.53 Å². The van der Waals surface area contributed by atoms with Crippen molar-refractivity contribution in [3.05, 3.63) is 0 Å². The van der Waals surface area contributed by atoms with Crippen LogP contribution in [0.4, 0.5) is 0 Å². The molecule has 0 spiro atoms. The highest BCUT2D eigenvalue weighted by Gasteiger charge is 2.21. The molecule has 2 heterocycles. The molecule has 2 fully saturated rings. The number of carbonyl (C=O) groups excluding carboxylic acids is 1. The van der Waals surface area contributed by atoms with Gasteiger partial charge in [-0.3, -0.25) is 4.79 Å². The van der Waals surface area contributed by atoms with E-state index >= 15 is 0 Å². The molecule has 1 unspecified atom stereocenters. The lowest BCUT2D eigenvalue weighted by atomic mass is 9.96. The number of amides is 1. The monoisotopic (exact) mass is 282 g/mol. The van der Waals surface area contributed by atoms with Crippen LogP contribution in [0.15, 0.2) is 0 Å². The Hall–Kier alpha value is -0.610. The molecule has 1 N–H and O–H groups in total. The van der Waals surface area contributed by atoms with Gasteiger partial charge in [-0.2, -0.15) is 0 Å². The van der Waals surface area contributed by atoms with Crippen molar-refractivity contribution in [1.82, 2.24) is 10.2 Å². The smallest absolute Gasteiger partial charge is 0.248 e. The molecule has 0 bridgehead atoms. The normalized spacial score (nSPS) is 25.4. The molecule has 0 radical (unpaired) electrons. The highest BCUT2D eigenvalue weighted by Crippen LogP contribution is 2.22. The molecule has 116 valence electrons. The van der Waals surface area contributed by atoms with Gasteiger partial charge >= 0.3 is 0 Å². The molecule has 2 aliphatic heterocycles. The van der Waals surface area contributed by atoms with Crippen molar-refractivity contribution < 1.29 is 9.53 Å². The maximum atomic E-state index is 12.2. The summed E-state index contributed by atoms with van der Waals surface area (Å²) in [5, 5.41) is 3.32. The third-order valence-corrected chi connectivity index (χ3v) is 4.63. The zero-order valence-corrected chi connectivity index (χ0v) is 12.9. The summed E-state index contributed by atoms with van der Waals surface area (Å²) >= 11 is 0. The minimum absolute atomic E-state index is 0.195. The first kappa shape index (κ1) is 15.8. The lowest BCUT2D eigenvalue weighted by Gasteiger charge is -2.25. The van der Waals surface area contributed by atoms with Crippen LogP contribution < -0.4 is 5.32 Å². The van der Waals surface area contributed by atoms with Crippen LogP contribution in [0.5, 0.6) is 0 Å². The van der Waals surface area contributed by atoms with Gasteiger partial charge in [0, 0.05) is 13.1 Å². The Morgan fingerprint density at radius 3 is 2.75 bits per heavy atom. The van der Waals surface area contributed by atoms with Gasteiger partial charge in [-0.05, 0) is 51.1 Å². The van der Waals surface area contributed by atoms with Crippen molar-refractivity contribution >= 4 is 5.91 Å². The van der Waals surface area contributed by atoms with Crippen LogP contribution in [0, 0.1) is 5.92 Å². The van der Waals surface area contributed by atoms with E-state index in [9.17, 15) is 4.79 Å². The minimum Gasteiger partial charge on any atom is -0.368 e. The van der Waals surface area contributed by atoms with Crippen molar-refractivity contribution in [1.29, 1.82) is 0 Å². The molecular weight excluding hydrogens is 252 g/mol. The predicted molar refractivity (Wildman–Crippen MR) is 80.7 cm³/mol. The number of piperidine rings is 1. The summed E-state index contributed by atoms with van der Waals surface area (Å²) in [6.45, 7) is 6.42. The summed E-state index contributed by atoms with van der Waals surface area (Å²) in [6, 6.07) is 0. The second-order valence-corrected chi connectivity index (χ2v) is 6.23. The van der Waals surface area contributed by atoms with Gasteiger partial charge in [-0.1, -0.05) is 19.8 Å². The Morgan fingerprint density at radius 2 is 2.00 bits per heavy atom. The maximum absolute atomic E-state index is 12.2. The fraction of sp³-hybridized carbons (Fsp3) is 0.938. The lowest BCUT2D eigenvalue weighted by Crippen LogP contribution is -2.38. The Bertz CT molecular complexity index is 290. The third-order valence-electron chi connectivity index (χ3n) is 4.63. The molecule has 0 aromatic heterocycles. The van der Waals surface area contributed by atoms with Gasteiger partial charge in [0.1, 0.15) is 6.61 Å². The van der Waals surface area contributed by atoms with E-state index in [2.05, 4.69) is 12.2 Å². The van der Waals surface area contributed by atoms with E-state index in [4.69, 9.17) is 4.74 Å². The van der Waals surface area contributed by atoms with Crippen LogP contribution in [-0.4, -0.2) is 49.7 Å². The highest BCUT2D eigenvalue weighted by atomic mass is 16.5. The maximum Gasteiger partial charge on any atom is 0.248 e. The molecule has 20 heavy (non-hydrogen) atoms. The summed E-state index contributed by atoms with van der Waals surface area (Å²) in [4.78, 5) is 14.3. The molecular formula is C16H30N2O2. The third kappa shape index (κ3) is 5.06. The molecule has 1 amide bonds. The Balaban J connectivity index is 1.69. The van der Waals surface area contributed by atoms with Crippen LogP contribution in [0.3, 0.4) is 0 Å². The molecule has 0 aliphatic carbocycles. The molecule has 0 aromatic rings. The zero-order valence-electron chi connectivity index (χ0n) is 12.9. The second-order valence-electron chi connectivity index (χ2n) is 6.23. The summed E-state index contributed by atoms with van der Waals surface area (Å²) in [6.07, 6.45) is 8.53. The predicted octanol–water partition coefficient (Wildman–Crippen LogP) is 2.18. The van der Waals surface area contributed by atoms with Gasteiger partial charge < -0.3 is 15.0 Å². The largest absolute Gasteiger partial charge is 0.368 e. The van der Waals surface area contributed by atoms with E-state index in [0.29, 0.717) is 0 Å². The molecule has 2 rings (SSSR count). The summed E-state index contributed by atoms with van der Waals surface area (Å²) < 4.78 is 5.78. The van der Waals surface area contributed by atoms with Gasteiger partial charge in [0.15, 0.2) is 0 Å². The minimum atomic E-state index is 0.195. The number of hydrogen-bond donors (Lipinski definition) is 1. The topological polar surface area (TPSA) is 41.6 Å². The van der Waals surface area contributed by atoms with E-state index < -0.39 is 0 Å². The van der Waals surface area contributed by atoms with Gasteiger partial charge in [-0.15, -0.1) is 0 Å². The Labute approximate surface area is 123 Å². The van der Waals surface area contributed by atoms with Crippen molar-refractivity contribution in [3.8, 4) is 0 Å². The molecule has 0 aromatic carbocycles. The molecule has 0 saturated carbocycles. The first-order valence-corrected chi connectivity index (χ1v) is 8.39. The number of nitrogens with one attached hydrogen (secondary N) is 1. The number of hydrogen-bond acceptors (Lipinski definition) is 3. The van der Waals surface area contributed by atoms with Crippen molar-refractivity contribution in [2.45, 2.75) is 58.0 Å². The highest BCUT2D eigenvalue weighted by molar-refractivity contribution is 5.77.